The van der Waals surface area contributed by atoms with E-state index in [-0.39, 0.29) is 17.8 Å². The standard InChI is InChI=1S/C12H18N4OS/c1-7-2-3-10(16-7)12(17)15-5-9-4-8(6-18-9)11(13)14/h4,6-7,10,16H,2-3,5H2,1H3,(H3,13,14)(H,15,17). The number of thiophene rings is 1. The van der Waals surface area contributed by atoms with E-state index in [2.05, 4.69) is 17.6 Å². The molecule has 2 atom stereocenters. The number of nitrogen functional groups attached to an aromatic ring is 1. The van der Waals surface area contributed by atoms with Crippen molar-refractivity contribution in [2.45, 2.75) is 38.4 Å². The minimum absolute atomic E-state index is 0.0529. The van der Waals surface area contributed by atoms with Crippen molar-refractivity contribution in [1.29, 1.82) is 5.41 Å². The summed E-state index contributed by atoms with van der Waals surface area (Å²) in [6.45, 7) is 2.59. The van der Waals surface area contributed by atoms with E-state index in [1.54, 1.807) is 0 Å². The van der Waals surface area contributed by atoms with Crippen LogP contribution in [-0.4, -0.2) is 23.8 Å². The second-order valence-corrected chi connectivity index (χ2v) is 5.63. The van der Waals surface area contributed by atoms with E-state index in [4.69, 9.17) is 11.1 Å². The third-order valence-corrected chi connectivity index (χ3v) is 4.03. The summed E-state index contributed by atoms with van der Waals surface area (Å²) in [4.78, 5) is 12.9. The van der Waals surface area contributed by atoms with Gasteiger partial charge in [0.15, 0.2) is 0 Å². The zero-order valence-electron chi connectivity index (χ0n) is 10.3. The molecule has 2 unspecified atom stereocenters. The monoisotopic (exact) mass is 266 g/mol. The van der Waals surface area contributed by atoms with Crippen LogP contribution in [0.25, 0.3) is 0 Å². The first kappa shape index (κ1) is 13.0. The Balaban J connectivity index is 1.83. The maximum atomic E-state index is 11.9. The minimum atomic E-state index is -0.0627. The summed E-state index contributed by atoms with van der Waals surface area (Å²) in [5.74, 6) is 0.118. The second kappa shape index (κ2) is 5.49. The highest BCUT2D eigenvalue weighted by atomic mass is 32.1. The molecule has 2 heterocycles. The Kier molecular flexibility index (Phi) is 3.98. The molecule has 2 rings (SSSR count). The molecule has 1 fully saturated rings. The van der Waals surface area contributed by atoms with Crippen LogP contribution in [0.2, 0.25) is 0 Å². The van der Waals surface area contributed by atoms with Crippen molar-refractivity contribution in [2.75, 3.05) is 0 Å². The van der Waals surface area contributed by atoms with Crippen molar-refractivity contribution in [3.8, 4) is 0 Å². The lowest BCUT2D eigenvalue weighted by Crippen LogP contribution is -2.41. The van der Waals surface area contributed by atoms with Gasteiger partial charge in [-0.25, -0.2) is 0 Å². The predicted molar refractivity (Wildman–Crippen MR) is 72.8 cm³/mol. The quantitative estimate of drug-likeness (QED) is 0.479. The molecule has 0 spiro atoms. The normalized spacial score (nSPS) is 22.9. The Morgan fingerprint density at radius 2 is 2.44 bits per heavy atom. The molecule has 1 aromatic heterocycles. The number of hydrogen-bond acceptors (Lipinski definition) is 4. The van der Waals surface area contributed by atoms with Crippen LogP contribution < -0.4 is 16.4 Å². The largest absolute Gasteiger partial charge is 0.384 e. The molecule has 18 heavy (non-hydrogen) atoms. The summed E-state index contributed by atoms with van der Waals surface area (Å²) in [5.41, 5.74) is 6.11. The molecule has 0 aliphatic carbocycles. The lowest BCUT2D eigenvalue weighted by atomic mass is 10.2. The number of amidine groups is 1. The topological polar surface area (TPSA) is 91.0 Å². The molecule has 1 amide bonds. The predicted octanol–water partition coefficient (Wildman–Crippen LogP) is 0.789. The first-order chi connectivity index (χ1) is 8.56. The third-order valence-electron chi connectivity index (χ3n) is 3.09. The third kappa shape index (κ3) is 3.08. The zero-order valence-corrected chi connectivity index (χ0v) is 11.1. The molecule has 0 aromatic carbocycles. The minimum Gasteiger partial charge on any atom is -0.384 e. The van der Waals surface area contributed by atoms with E-state index in [9.17, 15) is 4.79 Å². The highest BCUT2D eigenvalue weighted by molar-refractivity contribution is 7.10. The molecular weight excluding hydrogens is 248 g/mol. The Hall–Kier alpha value is -1.40. The average Bonchev–Trinajstić information content (AvgIpc) is 2.94. The molecule has 1 aliphatic heterocycles. The number of carbonyl (C=O) groups excluding carboxylic acids is 1. The average molecular weight is 266 g/mol. The highest BCUT2D eigenvalue weighted by Gasteiger charge is 2.26. The van der Waals surface area contributed by atoms with Crippen molar-refractivity contribution in [2.24, 2.45) is 5.73 Å². The van der Waals surface area contributed by atoms with Gasteiger partial charge in [0.2, 0.25) is 5.91 Å². The summed E-state index contributed by atoms with van der Waals surface area (Å²) in [7, 11) is 0. The Labute approximate surface area is 110 Å². The van der Waals surface area contributed by atoms with Crippen LogP contribution in [-0.2, 0) is 11.3 Å². The van der Waals surface area contributed by atoms with Gasteiger partial charge >= 0.3 is 0 Å². The van der Waals surface area contributed by atoms with Crippen LogP contribution in [0, 0.1) is 5.41 Å². The highest BCUT2D eigenvalue weighted by Crippen LogP contribution is 2.15. The van der Waals surface area contributed by atoms with Crippen molar-refractivity contribution in [3.63, 3.8) is 0 Å². The maximum absolute atomic E-state index is 11.9. The fourth-order valence-electron chi connectivity index (χ4n) is 2.05. The molecule has 0 radical (unpaired) electrons. The summed E-state index contributed by atoms with van der Waals surface area (Å²) in [5, 5.41) is 15.3. The fourth-order valence-corrected chi connectivity index (χ4v) is 2.87. The van der Waals surface area contributed by atoms with Crippen LogP contribution in [0.3, 0.4) is 0 Å². The number of rotatable bonds is 4. The van der Waals surface area contributed by atoms with Crippen molar-refractivity contribution >= 4 is 23.1 Å². The number of amides is 1. The van der Waals surface area contributed by atoms with Crippen molar-refractivity contribution in [1.82, 2.24) is 10.6 Å². The summed E-state index contributed by atoms with van der Waals surface area (Å²) in [6, 6.07) is 2.21. The molecule has 5 nitrogen and oxygen atoms in total. The number of nitrogens with two attached hydrogens (primary N) is 1. The van der Waals surface area contributed by atoms with Gasteiger partial charge in [0.25, 0.3) is 0 Å². The first-order valence-electron chi connectivity index (χ1n) is 6.02. The van der Waals surface area contributed by atoms with Gasteiger partial charge in [0.1, 0.15) is 5.84 Å². The van der Waals surface area contributed by atoms with Gasteiger partial charge in [-0.05, 0) is 25.8 Å². The smallest absolute Gasteiger partial charge is 0.237 e. The second-order valence-electron chi connectivity index (χ2n) is 4.63. The van der Waals surface area contributed by atoms with E-state index in [1.807, 2.05) is 11.4 Å². The van der Waals surface area contributed by atoms with Gasteiger partial charge in [-0.15, -0.1) is 11.3 Å². The zero-order chi connectivity index (χ0) is 13.1. The van der Waals surface area contributed by atoms with Crippen LogP contribution in [0.1, 0.15) is 30.2 Å². The van der Waals surface area contributed by atoms with Crippen LogP contribution in [0.4, 0.5) is 0 Å². The SMILES string of the molecule is CC1CCC(C(=O)NCc2cc(C(=N)N)cs2)N1. The van der Waals surface area contributed by atoms with Gasteiger partial charge in [-0.2, -0.15) is 0 Å². The fraction of sp³-hybridized carbons (Fsp3) is 0.500. The van der Waals surface area contributed by atoms with E-state index < -0.39 is 0 Å². The van der Waals surface area contributed by atoms with E-state index >= 15 is 0 Å². The Morgan fingerprint density at radius 1 is 1.67 bits per heavy atom. The lowest BCUT2D eigenvalue weighted by molar-refractivity contribution is -0.123. The number of carbonyl (C=O) groups is 1. The van der Waals surface area contributed by atoms with Gasteiger partial charge in [-0.1, -0.05) is 0 Å². The van der Waals surface area contributed by atoms with Gasteiger partial charge in [0, 0.05) is 21.9 Å². The molecule has 1 aliphatic rings. The Bertz CT molecular complexity index is 457. The van der Waals surface area contributed by atoms with E-state index in [1.165, 1.54) is 11.3 Å². The van der Waals surface area contributed by atoms with Gasteiger partial charge in [0.05, 0.1) is 12.6 Å². The molecule has 0 bridgehead atoms. The van der Waals surface area contributed by atoms with E-state index in [0.29, 0.717) is 12.6 Å². The summed E-state index contributed by atoms with van der Waals surface area (Å²) >= 11 is 1.51. The molecule has 5 N–H and O–H groups in total. The van der Waals surface area contributed by atoms with Gasteiger partial charge in [-0.3, -0.25) is 10.2 Å². The van der Waals surface area contributed by atoms with Crippen LogP contribution >= 0.6 is 11.3 Å². The van der Waals surface area contributed by atoms with E-state index in [0.717, 1.165) is 23.3 Å². The maximum Gasteiger partial charge on any atom is 0.237 e. The summed E-state index contributed by atoms with van der Waals surface area (Å²) < 4.78 is 0. The lowest BCUT2D eigenvalue weighted by Gasteiger charge is -2.11. The molecule has 98 valence electrons. The van der Waals surface area contributed by atoms with Crippen molar-refractivity contribution in [3.05, 3.63) is 21.9 Å². The first-order valence-corrected chi connectivity index (χ1v) is 6.90. The molecule has 6 heteroatoms. The molecule has 0 saturated carbocycles. The molecule has 1 aromatic rings. The van der Waals surface area contributed by atoms with Crippen molar-refractivity contribution < 1.29 is 4.79 Å². The van der Waals surface area contributed by atoms with Crippen LogP contribution in [0.5, 0.6) is 0 Å². The number of hydrogen-bond donors (Lipinski definition) is 4. The molecule has 1 saturated heterocycles. The van der Waals surface area contributed by atoms with Gasteiger partial charge < -0.3 is 16.4 Å². The molecular formula is C12H18N4OS. The Morgan fingerprint density at radius 3 is 3.00 bits per heavy atom. The number of nitrogens with one attached hydrogen (secondary N) is 3. The van der Waals surface area contributed by atoms with Crippen LogP contribution in [0.15, 0.2) is 11.4 Å². The summed E-state index contributed by atoms with van der Waals surface area (Å²) in [6.07, 6.45) is 1.95.